The van der Waals surface area contributed by atoms with Gasteiger partial charge in [0.2, 0.25) is 5.76 Å². The number of likely N-dealkylation sites (N-methyl/N-ethyl adjacent to an activating group) is 1. The summed E-state index contributed by atoms with van der Waals surface area (Å²) in [7, 11) is 1.77. The zero-order chi connectivity index (χ0) is 9.26. The van der Waals surface area contributed by atoms with Gasteiger partial charge in [-0.2, -0.15) is 0 Å². The van der Waals surface area contributed by atoms with E-state index in [1.165, 1.54) is 6.20 Å². The smallest absolute Gasteiger partial charge is 0.292 e. The van der Waals surface area contributed by atoms with Gasteiger partial charge in [-0.05, 0) is 0 Å². The minimum Gasteiger partial charge on any atom is -0.351 e. The van der Waals surface area contributed by atoms with E-state index >= 15 is 0 Å². The largest absolute Gasteiger partial charge is 0.351 e. The number of hydrogen-bond donors (Lipinski definition) is 1. The van der Waals surface area contributed by atoms with Gasteiger partial charge < -0.3 is 14.7 Å². The maximum absolute atomic E-state index is 11.6. The third kappa shape index (κ3) is 1.42. The first-order chi connectivity index (χ1) is 6.29. The summed E-state index contributed by atoms with van der Waals surface area (Å²) in [5.74, 6) is 0.193. The Bertz CT molecular complexity index is 292. The van der Waals surface area contributed by atoms with Crippen LogP contribution in [0.25, 0.3) is 0 Å². The highest BCUT2D eigenvalue weighted by atomic mass is 16.5. The number of carbonyl (C=O) groups excluding carboxylic acids is 1. The molecule has 2 rings (SSSR count). The number of nitrogens with one attached hydrogen (secondary N) is 1. The molecule has 5 nitrogen and oxygen atoms in total. The van der Waals surface area contributed by atoms with Gasteiger partial charge in [0.15, 0.2) is 0 Å². The van der Waals surface area contributed by atoms with Gasteiger partial charge in [-0.1, -0.05) is 5.16 Å². The fraction of sp³-hybridized carbons (Fsp3) is 0.500. The van der Waals surface area contributed by atoms with Crippen molar-refractivity contribution in [1.82, 2.24) is 15.4 Å². The molecule has 0 saturated carbocycles. The lowest BCUT2D eigenvalue weighted by atomic mass is 10.1. The van der Waals surface area contributed by atoms with Crippen molar-refractivity contribution in [2.75, 3.05) is 20.1 Å². The molecule has 1 fully saturated rings. The quantitative estimate of drug-likeness (QED) is 0.681. The van der Waals surface area contributed by atoms with Crippen LogP contribution in [0.2, 0.25) is 0 Å². The molecule has 0 spiro atoms. The number of nitrogens with zero attached hydrogens (tertiary/aromatic N) is 2. The molecule has 1 aliphatic rings. The Morgan fingerprint density at radius 3 is 3.00 bits per heavy atom. The van der Waals surface area contributed by atoms with E-state index in [0.717, 1.165) is 13.1 Å². The van der Waals surface area contributed by atoms with Gasteiger partial charge in [0.25, 0.3) is 5.91 Å². The molecule has 5 heteroatoms. The standard InChI is InChI=1S/C8H11N3O2/c1-11(6-4-9-5-6)8(12)7-2-3-10-13-7/h2-3,6,9H,4-5H2,1H3. The maximum atomic E-state index is 11.6. The van der Waals surface area contributed by atoms with E-state index in [1.54, 1.807) is 18.0 Å². The van der Waals surface area contributed by atoms with Crippen LogP contribution in [0.1, 0.15) is 10.6 Å². The molecule has 13 heavy (non-hydrogen) atoms. The van der Waals surface area contributed by atoms with E-state index in [4.69, 9.17) is 4.52 Å². The Labute approximate surface area is 75.7 Å². The predicted molar refractivity (Wildman–Crippen MR) is 45.3 cm³/mol. The molecule has 2 heterocycles. The first-order valence-corrected chi connectivity index (χ1v) is 4.17. The number of amides is 1. The van der Waals surface area contributed by atoms with Crippen molar-refractivity contribution in [2.24, 2.45) is 0 Å². The molecule has 1 aliphatic heterocycles. The SMILES string of the molecule is CN(C(=O)c1ccno1)C1CNC1. The van der Waals surface area contributed by atoms with Crippen molar-refractivity contribution in [3.8, 4) is 0 Å². The highest BCUT2D eigenvalue weighted by Crippen LogP contribution is 2.08. The summed E-state index contributed by atoms with van der Waals surface area (Å²) in [4.78, 5) is 13.3. The average Bonchev–Trinajstić information content (AvgIpc) is 2.51. The first-order valence-electron chi connectivity index (χ1n) is 4.17. The van der Waals surface area contributed by atoms with Crippen molar-refractivity contribution in [2.45, 2.75) is 6.04 Å². The van der Waals surface area contributed by atoms with Gasteiger partial charge in [0.1, 0.15) is 0 Å². The van der Waals surface area contributed by atoms with Gasteiger partial charge in [-0.15, -0.1) is 0 Å². The molecular weight excluding hydrogens is 170 g/mol. The second kappa shape index (κ2) is 3.18. The monoisotopic (exact) mass is 181 g/mol. The second-order valence-electron chi connectivity index (χ2n) is 3.10. The molecule has 0 atom stereocenters. The van der Waals surface area contributed by atoms with Crippen LogP contribution >= 0.6 is 0 Å². The molecule has 0 aromatic carbocycles. The third-order valence-electron chi connectivity index (χ3n) is 2.28. The molecule has 1 saturated heterocycles. The van der Waals surface area contributed by atoms with E-state index < -0.39 is 0 Å². The van der Waals surface area contributed by atoms with E-state index in [2.05, 4.69) is 10.5 Å². The summed E-state index contributed by atoms with van der Waals surface area (Å²) < 4.78 is 4.77. The summed E-state index contributed by atoms with van der Waals surface area (Å²) in [5.41, 5.74) is 0. The lowest BCUT2D eigenvalue weighted by Crippen LogP contribution is -2.57. The van der Waals surface area contributed by atoms with Crippen LogP contribution in [-0.4, -0.2) is 42.1 Å². The molecule has 0 unspecified atom stereocenters. The average molecular weight is 181 g/mol. The van der Waals surface area contributed by atoms with Crippen LogP contribution < -0.4 is 5.32 Å². The summed E-state index contributed by atoms with van der Waals surface area (Å²) in [6.07, 6.45) is 1.47. The molecular formula is C8H11N3O2. The van der Waals surface area contributed by atoms with Crippen molar-refractivity contribution in [3.05, 3.63) is 18.0 Å². The predicted octanol–water partition coefficient (Wildman–Crippen LogP) is -0.282. The van der Waals surface area contributed by atoms with Crippen LogP contribution in [0.15, 0.2) is 16.8 Å². The molecule has 1 N–H and O–H groups in total. The van der Waals surface area contributed by atoms with E-state index in [9.17, 15) is 4.79 Å². The van der Waals surface area contributed by atoms with Crippen LogP contribution in [0.4, 0.5) is 0 Å². The Hall–Kier alpha value is -1.36. The van der Waals surface area contributed by atoms with Crippen molar-refractivity contribution in [1.29, 1.82) is 0 Å². The molecule has 0 bridgehead atoms. The summed E-state index contributed by atoms with van der Waals surface area (Å²) in [5, 5.41) is 6.59. The number of carbonyl (C=O) groups is 1. The topological polar surface area (TPSA) is 58.4 Å². The molecule has 70 valence electrons. The van der Waals surface area contributed by atoms with Gasteiger partial charge in [0, 0.05) is 26.2 Å². The summed E-state index contributed by atoms with van der Waals surface area (Å²) in [6.45, 7) is 1.72. The number of aromatic nitrogens is 1. The van der Waals surface area contributed by atoms with Crippen molar-refractivity contribution < 1.29 is 9.32 Å². The van der Waals surface area contributed by atoms with E-state index in [1.807, 2.05) is 0 Å². The highest BCUT2D eigenvalue weighted by molar-refractivity contribution is 5.91. The van der Waals surface area contributed by atoms with E-state index in [-0.39, 0.29) is 11.9 Å². The second-order valence-corrected chi connectivity index (χ2v) is 3.10. The Kier molecular flexibility index (Phi) is 2.02. The van der Waals surface area contributed by atoms with Gasteiger partial charge in [-0.25, -0.2) is 0 Å². The van der Waals surface area contributed by atoms with Crippen LogP contribution in [0, 0.1) is 0 Å². The molecule has 0 aliphatic carbocycles. The highest BCUT2D eigenvalue weighted by Gasteiger charge is 2.27. The summed E-state index contributed by atoms with van der Waals surface area (Å²) in [6, 6.07) is 1.86. The summed E-state index contributed by atoms with van der Waals surface area (Å²) >= 11 is 0. The fourth-order valence-electron chi connectivity index (χ4n) is 1.21. The molecule has 1 aromatic heterocycles. The van der Waals surface area contributed by atoms with Gasteiger partial charge >= 0.3 is 0 Å². The third-order valence-corrected chi connectivity index (χ3v) is 2.28. The van der Waals surface area contributed by atoms with E-state index in [0.29, 0.717) is 5.76 Å². The van der Waals surface area contributed by atoms with Crippen molar-refractivity contribution in [3.63, 3.8) is 0 Å². The maximum Gasteiger partial charge on any atom is 0.292 e. The molecule has 1 amide bonds. The van der Waals surface area contributed by atoms with Crippen LogP contribution in [0.3, 0.4) is 0 Å². The lowest BCUT2D eigenvalue weighted by Gasteiger charge is -2.34. The minimum atomic E-state index is -0.107. The Morgan fingerprint density at radius 2 is 2.54 bits per heavy atom. The zero-order valence-corrected chi connectivity index (χ0v) is 7.36. The van der Waals surface area contributed by atoms with Gasteiger partial charge in [-0.3, -0.25) is 4.79 Å². The van der Waals surface area contributed by atoms with Crippen LogP contribution in [0.5, 0.6) is 0 Å². The molecule has 0 radical (unpaired) electrons. The first kappa shape index (κ1) is 8.25. The molecule has 1 aromatic rings. The zero-order valence-electron chi connectivity index (χ0n) is 7.36. The lowest BCUT2D eigenvalue weighted by molar-refractivity contribution is 0.0639. The number of rotatable bonds is 2. The van der Waals surface area contributed by atoms with Crippen LogP contribution in [-0.2, 0) is 0 Å². The normalized spacial score (nSPS) is 16.7. The Morgan fingerprint density at radius 1 is 1.77 bits per heavy atom. The Balaban J connectivity index is 2.04. The fourth-order valence-corrected chi connectivity index (χ4v) is 1.21. The minimum absolute atomic E-state index is 0.107. The van der Waals surface area contributed by atoms with Gasteiger partial charge in [0.05, 0.1) is 12.2 Å². The van der Waals surface area contributed by atoms with Crippen molar-refractivity contribution >= 4 is 5.91 Å². The number of hydrogen-bond acceptors (Lipinski definition) is 4.